The summed E-state index contributed by atoms with van der Waals surface area (Å²) in [6, 6.07) is -0.444. The molecule has 0 radical (unpaired) electrons. The first kappa shape index (κ1) is 13.0. The molecule has 5 heteroatoms. The molecule has 0 aromatic heterocycles. The molecule has 0 saturated carbocycles. The largest absolute Gasteiger partial charge is 0.469 e. The second kappa shape index (κ2) is 4.82. The number of carbonyl (C=O) groups excluding carboxylic acids is 2. The zero-order chi connectivity index (χ0) is 12.3. The highest BCUT2D eigenvalue weighted by Gasteiger charge is 2.35. The van der Waals surface area contributed by atoms with Crippen LogP contribution in [0.5, 0.6) is 0 Å². The fraction of sp³-hybridized carbons (Fsp3) is 0.818. The van der Waals surface area contributed by atoms with Crippen LogP contribution in [0.3, 0.4) is 0 Å². The Morgan fingerprint density at radius 1 is 1.56 bits per heavy atom. The first-order valence-electron chi connectivity index (χ1n) is 5.48. The first-order chi connectivity index (χ1) is 7.36. The molecule has 1 aliphatic rings. The van der Waals surface area contributed by atoms with Crippen LogP contribution in [0.4, 0.5) is 0 Å². The number of carbonyl (C=O) groups is 2. The summed E-state index contributed by atoms with van der Waals surface area (Å²) in [7, 11) is 1.33. The van der Waals surface area contributed by atoms with E-state index in [1.807, 2.05) is 20.8 Å². The Morgan fingerprint density at radius 3 is 2.69 bits per heavy atom. The number of ether oxygens (including phenoxy) is 1. The fourth-order valence-corrected chi connectivity index (χ4v) is 1.81. The number of hydrogen-bond donors (Lipinski definition) is 1. The molecule has 1 unspecified atom stereocenters. The molecule has 0 bridgehead atoms. The summed E-state index contributed by atoms with van der Waals surface area (Å²) in [6.45, 7) is 7.37. The van der Waals surface area contributed by atoms with Gasteiger partial charge in [-0.3, -0.25) is 9.59 Å². The van der Waals surface area contributed by atoms with Crippen LogP contribution in [0.1, 0.15) is 27.2 Å². The van der Waals surface area contributed by atoms with Crippen LogP contribution < -0.4 is 5.32 Å². The number of rotatable bonds is 2. The molecule has 1 heterocycles. The fourth-order valence-electron chi connectivity index (χ4n) is 1.81. The molecule has 5 nitrogen and oxygen atoms in total. The van der Waals surface area contributed by atoms with Crippen molar-refractivity contribution in [2.75, 3.05) is 20.2 Å². The number of amides is 1. The van der Waals surface area contributed by atoms with E-state index in [2.05, 4.69) is 10.1 Å². The van der Waals surface area contributed by atoms with E-state index in [1.54, 1.807) is 4.90 Å². The van der Waals surface area contributed by atoms with Gasteiger partial charge < -0.3 is 15.0 Å². The van der Waals surface area contributed by atoms with E-state index in [0.29, 0.717) is 13.1 Å². The normalized spacial score (nSPS) is 22.1. The van der Waals surface area contributed by atoms with E-state index in [-0.39, 0.29) is 23.8 Å². The van der Waals surface area contributed by atoms with Gasteiger partial charge in [-0.25, -0.2) is 0 Å². The molecule has 1 atom stereocenters. The van der Waals surface area contributed by atoms with Crippen LogP contribution in [0, 0.1) is 0 Å². The number of hydrogen-bond acceptors (Lipinski definition) is 4. The van der Waals surface area contributed by atoms with Crippen LogP contribution in [0.25, 0.3) is 0 Å². The van der Waals surface area contributed by atoms with Gasteiger partial charge in [0.15, 0.2) is 0 Å². The van der Waals surface area contributed by atoms with Gasteiger partial charge in [0.2, 0.25) is 5.91 Å². The highest BCUT2D eigenvalue weighted by Crippen LogP contribution is 2.17. The summed E-state index contributed by atoms with van der Waals surface area (Å²) in [4.78, 5) is 25.0. The average Bonchev–Trinajstić information content (AvgIpc) is 2.19. The van der Waals surface area contributed by atoms with Gasteiger partial charge >= 0.3 is 5.97 Å². The standard InChI is InChI=1S/C11H20N2O3/c1-11(2,3)13-6-5-12-8(10(13)15)7-9(14)16-4/h8,12H,5-7H2,1-4H3. The maximum atomic E-state index is 12.1. The van der Waals surface area contributed by atoms with Crippen molar-refractivity contribution in [3.63, 3.8) is 0 Å². The third-order valence-corrected chi connectivity index (χ3v) is 2.70. The average molecular weight is 228 g/mol. The number of esters is 1. The van der Waals surface area contributed by atoms with Crippen molar-refractivity contribution in [2.24, 2.45) is 0 Å². The van der Waals surface area contributed by atoms with Gasteiger partial charge in [0.25, 0.3) is 0 Å². The zero-order valence-electron chi connectivity index (χ0n) is 10.4. The highest BCUT2D eigenvalue weighted by molar-refractivity contribution is 5.87. The lowest BCUT2D eigenvalue weighted by Crippen LogP contribution is -2.60. The molecule has 0 aliphatic carbocycles. The quantitative estimate of drug-likeness (QED) is 0.683. The second-order valence-electron chi connectivity index (χ2n) is 4.95. The van der Waals surface area contributed by atoms with Gasteiger partial charge in [0.05, 0.1) is 19.6 Å². The van der Waals surface area contributed by atoms with Gasteiger partial charge in [0, 0.05) is 18.6 Å². The summed E-state index contributed by atoms with van der Waals surface area (Å²) in [5, 5.41) is 3.04. The molecule has 1 fully saturated rings. The maximum Gasteiger partial charge on any atom is 0.307 e. The Morgan fingerprint density at radius 2 is 2.19 bits per heavy atom. The van der Waals surface area contributed by atoms with Crippen molar-refractivity contribution >= 4 is 11.9 Å². The first-order valence-corrected chi connectivity index (χ1v) is 5.48. The molecule has 1 N–H and O–H groups in total. The summed E-state index contributed by atoms with van der Waals surface area (Å²) < 4.78 is 4.57. The summed E-state index contributed by atoms with van der Waals surface area (Å²) >= 11 is 0. The van der Waals surface area contributed by atoms with Gasteiger partial charge in [0.1, 0.15) is 0 Å². The molecule has 1 amide bonds. The third-order valence-electron chi connectivity index (χ3n) is 2.70. The Labute approximate surface area is 96.1 Å². The van der Waals surface area contributed by atoms with E-state index in [4.69, 9.17) is 0 Å². The Bertz CT molecular complexity index is 283. The van der Waals surface area contributed by atoms with Crippen molar-refractivity contribution in [3.05, 3.63) is 0 Å². The SMILES string of the molecule is COC(=O)CC1NCCN(C(C)(C)C)C1=O. The van der Waals surface area contributed by atoms with E-state index < -0.39 is 6.04 Å². The molecule has 16 heavy (non-hydrogen) atoms. The second-order valence-corrected chi connectivity index (χ2v) is 4.95. The molecule has 0 spiro atoms. The van der Waals surface area contributed by atoms with Crippen molar-refractivity contribution in [1.82, 2.24) is 10.2 Å². The molecule has 1 aliphatic heterocycles. The van der Waals surface area contributed by atoms with Gasteiger partial charge in [-0.15, -0.1) is 0 Å². The van der Waals surface area contributed by atoms with E-state index in [9.17, 15) is 9.59 Å². The van der Waals surface area contributed by atoms with Gasteiger partial charge in [-0.05, 0) is 20.8 Å². The highest BCUT2D eigenvalue weighted by atomic mass is 16.5. The zero-order valence-corrected chi connectivity index (χ0v) is 10.4. The lowest BCUT2D eigenvalue weighted by atomic mass is 10.0. The van der Waals surface area contributed by atoms with Crippen LogP contribution in [0.2, 0.25) is 0 Å². The predicted molar refractivity (Wildman–Crippen MR) is 59.9 cm³/mol. The molecular weight excluding hydrogens is 208 g/mol. The molecule has 0 aromatic rings. The van der Waals surface area contributed by atoms with Crippen LogP contribution in [0.15, 0.2) is 0 Å². The minimum absolute atomic E-state index is 0.0239. The van der Waals surface area contributed by atoms with Crippen LogP contribution in [-0.2, 0) is 14.3 Å². The molecule has 0 aromatic carbocycles. The topological polar surface area (TPSA) is 58.6 Å². The number of nitrogens with zero attached hydrogens (tertiary/aromatic N) is 1. The van der Waals surface area contributed by atoms with E-state index in [0.717, 1.165) is 0 Å². The summed E-state index contributed by atoms with van der Waals surface area (Å²) in [5.41, 5.74) is -0.201. The van der Waals surface area contributed by atoms with E-state index >= 15 is 0 Å². The lowest BCUT2D eigenvalue weighted by molar-refractivity contribution is -0.148. The van der Waals surface area contributed by atoms with Crippen molar-refractivity contribution in [2.45, 2.75) is 38.8 Å². The van der Waals surface area contributed by atoms with Crippen LogP contribution >= 0.6 is 0 Å². The summed E-state index contributed by atoms with van der Waals surface area (Å²) in [6.07, 6.45) is 0.0991. The lowest BCUT2D eigenvalue weighted by Gasteiger charge is -2.41. The van der Waals surface area contributed by atoms with Crippen molar-refractivity contribution in [3.8, 4) is 0 Å². The van der Waals surface area contributed by atoms with Gasteiger partial charge in [-0.1, -0.05) is 0 Å². The number of methoxy groups -OCH3 is 1. The van der Waals surface area contributed by atoms with Crippen molar-refractivity contribution < 1.29 is 14.3 Å². The van der Waals surface area contributed by atoms with Gasteiger partial charge in [-0.2, -0.15) is 0 Å². The third kappa shape index (κ3) is 2.95. The maximum absolute atomic E-state index is 12.1. The minimum Gasteiger partial charge on any atom is -0.469 e. The summed E-state index contributed by atoms with van der Waals surface area (Å²) in [5.74, 6) is -0.384. The molecular formula is C11H20N2O3. The molecule has 1 rings (SSSR count). The number of nitrogens with one attached hydrogen (secondary N) is 1. The Hall–Kier alpha value is -1.10. The van der Waals surface area contributed by atoms with Crippen LogP contribution in [-0.4, -0.2) is 48.6 Å². The Kier molecular flexibility index (Phi) is 3.91. The monoisotopic (exact) mass is 228 g/mol. The van der Waals surface area contributed by atoms with E-state index in [1.165, 1.54) is 7.11 Å². The molecule has 1 saturated heterocycles. The van der Waals surface area contributed by atoms with Crippen molar-refractivity contribution in [1.29, 1.82) is 0 Å². The minimum atomic E-state index is -0.444. The molecule has 92 valence electrons. The Balaban J connectivity index is 2.68. The predicted octanol–water partition coefficient (Wildman–Crippen LogP) is 0.148. The smallest absolute Gasteiger partial charge is 0.307 e. The number of piperazine rings is 1.